The van der Waals surface area contributed by atoms with Crippen molar-refractivity contribution >= 4 is 23.4 Å². The molecule has 2 aliphatic rings. The third-order valence-electron chi connectivity index (χ3n) is 4.53. The van der Waals surface area contributed by atoms with Crippen molar-refractivity contribution in [1.82, 2.24) is 10.2 Å². The van der Waals surface area contributed by atoms with Crippen LogP contribution in [0, 0.1) is 6.92 Å². The molecule has 0 saturated carbocycles. The molecular weight excluding hydrogens is 332 g/mol. The maximum absolute atomic E-state index is 12.3. The van der Waals surface area contributed by atoms with Crippen LogP contribution in [0.1, 0.15) is 25.3 Å². The molecule has 24 heavy (non-hydrogen) atoms. The second kappa shape index (κ2) is 6.61. The summed E-state index contributed by atoms with van der Waals surface area (Å²) in [5.74, 6) is 0.495. The van der Waals surface area contributed by atoms with Gasteiger partial charge in [0.15, 0.2) is 6.61 Å². The van der Waals surface area contributed by atoms with Crippen LogP contribution < -0.4 is 10.1 Å². The Bertz CT molecular complexity index is 656. The summed E-state index contributed by atoms with van der Waals surface area (Å²) < 4.78 is 11.4. The normalized spacial score (nSPS) is 22.5. The molecule has 2 heterocycles. The molecule has 1 aromatic carbocycles. The highest BCUT2D eigenvalue weighted by molar-refractivity contribution is 6.30. The zero-order valence-corrected chi connectivity index (χ0v) is 14.6. The van der Waals surface area contributed by atoms with E-state index in [0.29, 0.717) is 36.7 Å². The van der Waals surface area contributed by atoms with Crippen LogP contribution >= 0.6 is 11.6 Å². The number of aryl methyl sites for hydroxylation is 1. The fourth-order valence-corrected chi connectivity index (χ4v) is 3.34. The molecule has 2 fully saturated rings. The molecule has 1 aromatic rings. The molecule has 2 aliphatic heterocycles. The largest absolute Gasteiger partial charge is 0.483 e. The molecule has 0 radical (unpaired) electrons. The van der Waals surface area contributed by atoms with Crippen LogP contribution in [0.4, 0.5) is 0 Å². The molecule has 0 aliphatic carbocycles. The highest BCUT2D eigenvalue weighted by Crippen LogP contribution is 2.29. The summed E-state index contributed by atoms with van der Waals surface area (Å²) >= 11 is 5.91. The monoisotopic (exact) mass is 352 g/mol. The third kappa shape index (κ3) is 3.49. The molecule has 7 heteroatoms. The van der Waals surface area contributed by atoms with Crippen LogP contribution in [0.2, 0.25) is 5.02 Å². The number of piperidine rings is 1. The zero-order valence-electron chi connectivity index (χ0n) is 13.8. The fourth-order valence-electron chi connectivity index (χ4n) is 3.11. The molecule has 130 valence electrons. The lowest BCUT2D eigenvalue weighted by molar-refractivity contribution is -0.140. The first kappa shape index (κ1) is 17.0. The van der Waals surface area contributed by atoms with E-state index in [0.717, 1.165) is 5.56 Å². The van der Waals surface area contributed by atoms with Crippen molar-refractivity contribution in [2.24, 2.45) is 0 Å². The van der Waals surface area contributed by atoms with Gasteiger partial charge in [0.2, 0.25) is 0 Å². The first-order valence-electron chi connectivity index (χ1n) is 8.05. The number of benzene rings is 1. The number of hydrogen-bond acceptors (Lipinski definition) is 4. The van der Waals surface area contributed by atoms with Gasteiger partial charge < -0.3 is 19.7 Å². The fraction of sp³-hybridized carbons (Fsp3) is 0.529. The number of amides is 2. The first-order chi connectivity index (χ1) is 11.4. The Morgan fingerprint density at radius 1 is 1.46 bits per heavy atom. The summed E-state index contributed by atoms with van der Waals surface area (Å²) in [5.41, 5.74) is 0.282. The van der Waals surface area contributed by atoms with Crippen LogP contribution in [-0.2, 0) is 14.3 Å². The van der Waals surface area contributed by atoms with Crippen molar-refractivity contribution in [2.45, 2.75) is 38.5 Å². The number of hydrogen-bond donors (Lipinski definition) is 1. The van der Waals surface area contributed by atoms with Crippen molar-refractivity contribution < 1.29 is 19.1 Å². The van der Waals surface area contributed by atoms with E-state index in [1.807, 2.05) is 6.92 Å². The smallest absolute Gasteiger partial charge is 0.260 e. The minimum absolute atomic E-state index is 0.0148. The third-order valence-corrected chi connectivity index (χ3v) is 4.77. The number of ether oxygens (including phenoxy) is 2. The summed E-state index contributed by atoms with van der Waals surface area (Å²) in [6.45, 7) is 4.68. The lowest BCUT2D eigenvalue weighted by Crippen LogP contribution is -2.53. The average molecular weight is 353 g/mol. The molecule has 2 amide bonds. The van der Waals surface area contributed by atoms with Gasteiger partial charge in [0.25, 0.3) is 11.8 Å². The molecule has 1 N–H and O–H groups in total. The van der Waals surface area contributed by atoms with E-state index in [4.69, 9.17) is 21.1 Å². The van der Waals surface area contributed by atoms with Crippen molar-refractivity contribution in [2.75, 3.05) is 19.7 Å². The number of likely N-dealkylation sites (tertiary alicyclic amines) is 1. The van der Waals surface area contributed by atoms with Gasteiger partial charge in [0.05, 0.1) is 0 Å². The minimum atomic E-state index is -0.610. The number of halogens is 1. The number of rotatable bonds is 3. The Morgan fingerprint density at radius 3 is 2.75 bits per heavy atom. The van der Waals surface area contributed by atoms with E-state index in [-0.39, 0.29) is 18.4 Å². The van der Waals surface area contributed by atoms with Crippen molar-refractivity contribution in [3.8, 4) is 5.75 Å². The second-order valence-corrected chi connectivity index (χ2v) is 6.76. The number of nitrogens with zero attached hydrogens (tertiary/aromatic N) is 1. The van der Waals surface area contributed by atoms with E-state index >= 15 is 0 Å². The maximum atomic E-state index is 12.3. The predicted molar refractivity (Wildman–Crippen MR) is 88.9 cm³/mol. The Labute approximate surface area is 146 Å². The van der Waals surface area contributed by atoms with Gasteiger partial charge >= 0.3 is 0 Å². The Kier molecular flexibility index (Phi) is 4.69. The van der Waals surface area contributed by atoms with Crippen molar-refractivity contribution in [1.29, 1.82) is 0 Å². The van der Waals surface area contributed by atoms with E-state index in [1.165, 1.54) is 0 Å². The number of carbonyl (C=O) groups is 2. The van der Waals surface area contributed by atoms with Crippen LogP contribution in [0.25, 0.3) is 0 Å². The maximum Gasteiger partial charge on any atom is 0.260 e. The lowest BCUT2D eigenvalue weighted by atomic mass is 10.0. The van der Waals surface area contributed by atoms with Gasteiger partial charge in [-0.2, -0.15) is 0 Å². The Hall–Kier alpha value is -1.79. The topological polar surface area (TPSA) is 67.9 Å². The minimum Gasteiger partial charge on any atom is -0.483 e. The standard InChI is InChI=1S/C17H21ClN2O4/c1-11-9-13(18)3-4-14(11)23-10-15(21)20-7-5-17(6-8-20)19-16(22)12(2)24-17/h3-4,9,12H,5-8,10H2,1-2H3,(H,19,22). The summed E-state index contributed by atoms with van der Waals surface area (Å²) in [5, 5.41) is 3.55. The highest BCUT2D eigenvalue weighted by atomic mass is 35.5. The predicted octanol–water partition coefficient (Wildman–Crippen LogP) is 1.88. The quantitative estimate of drug-likeness (QED) is 0.902. The summed E-state index contributed by atoms with van der Waals surface area (Å²) in [4.78, 5) is 25.7. The molecule has 3 rings (SSSR count). The van der Waals surface area contributed by atoms with Gasteiger partial charge in [-0.25, -0.2) is 0 Å². The Balaban J connectivity index is 1.51. The van der Waals surface area contributed by atoms with E-state index in [2.05, 4.69) is 5.32 Å². The molecule has 0 bridgehead atoms. The van der Waals surface area contributed by atoms with Gasteiger partial charge in [-0.05, 0) is 37.6 Å². The van der Waals surface area contributed by atoms with Crippen LogP contribution in [-0.4, -0.2) is 48.2 Å². The van der Waals surface area contributed by atoms with Gasteiger partial charge in [-0.1, -0.05) is 11.6 Å². The van der Waals surface area contributed by atoms with Gasteiger partial charge in [-0.3, -0.25) is 9.59 Å². The Morgan fingerprint density at radius 2 is 2.17 bits per heavy atom. The van der Waals surface area contributed by atoms with E-state index in [9.17, 15) is 9.59 Å². The lowest BCUT2D eigenvalue weighted by Gasteiger charge is -2.38. The zero-order chi connectivity index (χ0) is 17.3. The first-order valence-corrected chi connectivity index (χ1v) is 8.43. The molecule has 1 atom stereocenters. The highest BCUT2D eigenvalue weighted by Gasteiger charge is 2.45. The summed E-state index contributed by atoms with van der Waals surface area (Å²) in [6.07, 6.45) is 0.757. The molecule has 1 unspecified atom stereocenters. The summed E-state index contributed by atoms with van der Waals surface area (Å²) in [7, 11) is 0. The second-order valence-electron chi connectivity index (χ2n) is 6.32. The van der Waals surface area contributed by atoms with E-state index < -0.39 is 11.8 Å². The van der Waals surface area contributed by atoms with Gasteiger partial charge in [0.1, 0.15) is 17.6 Å². The number of nitrogens with one attached hydrogen (secondary N) is 1. The average Bonchev–Trinajstić information content (AvgIpc) is 2.81. The number of carbonyl (C=O) groups excluding carboxylic acids is 2. The van der Waals surface area contributed by atoms with Crippen LogP contribution in [0.5, 0.6) is 5.75 Å². The molecule has 6 nitrogen and oxygen atoms in total. The molecule has 1 spiro atoms. The van der Waals surface area contributed by atoms with Crippen molar-refractivity contribution in [3.63, 3.8) is 0 Å². The van der Waals surface area contributed by atoms with E-state index in [1.54, 1.807) is 30.0 Å². The molecule has 2 saturated heterocycles. The molecular formula is C17H21ClN2O4. The summed E-state index contributed by atoms with van der Waals surface area (Å²) in [6, 6.07) is 5.30. The van der Waals surface area contributed by atoms with Gasteiger partial charge in [-0.15, -0.1) is 0 Å². The van der Waals surface area contributed by atoms with Crippen LogP contribution in [0.3, 0.4) is 0 Å². The molecule has 0 aromatic heterocycles. The SMILES string of the molecule is Cc1cc(Cl)ccc1OCC(=O)N1CCC2(CC1)NC(=O)C(C)O2. The van der Waals surface area contributed by atoms with Gasteiger partial charge in [0, 0.05) is 31.0 Å². The van der Waals surface area contributed by atoms with Crippen molar-refractivity contribution in [3.05, 3.63) is 28.8 Å². The van der Waals surface area contributed by atoms with Crippen LogP contribution in [0.15, 0.2) is 18.2 Å².